The van der Waals surface area contributed by atoms with Gasteiger partial charge in [-0.2, -0.15) is 4.31 Å². The number of fused-ring (bicyclic) bond motifs is 1. The summed E-state index contributed by atoms with van der Waals surface area (Å²) in [6, 6.07) is 12.4. The van der Waals surface area contributed by atoms with E-state index in [9.17, 15) is 13.2 Å². The summed E-state index contributed by atoms with van der Waals surface area (Å²) < 4.78 is 45.7. The van der Waals surface area contributed by atoms with Crippen LogP contribution in [0.2, 0.25) is 0 Å². The lowest BCUT2D eigenvalue weighted by atomic mass is 10.2. The molecule has 0 bridgehead atoms. The second-order valence-electron chi connectivity index (χ2n) is 8.06. The second kappa shape index (κ2) is 10.5. The van der Waals surface area contributed by atoms with Crippen LogP contribution in [-0.4, -0.2) is 61.2 Å². The quantitative estimate of drug-likeness (QED) is 0.428. The van der Waals surface area contributed by atoms with E-state index in [0.29, 0.717) is 49.9 Å². The zero-order valence-electron chi connectivity index (χ0n) is 19.4. The van der Waals surface area contributed by atoms with E-state index in [1.54, 1.807) is 24.3 Å². The van der Waals surface area contributed by atoms with E-state index >= 15 is 0 Å². The number of carbonyl (C=O) groups is 1. The van der Waals surface area contributed by atoms with E-state index in [0.717, 1.165) is 17.5 Å². The molecule has 0 atom stereocenters. The highest BCUT2D eigenvalue weighted by atomic mass is 32.2. The lowest BCUT2D eigenvalue weighted by Gasteiger charge is -2.26. The van der Waals surface area contributed by atoms with Gasteiger partial charge in [0.25, 0.3) is 0 Å². The van der Waals surface area contributed by atoms with Crippen molar-refractivity contribution in [3.63, 3.8) is 0 Å². The summed E-state index contributed by atoms with van der Waals surface area (Å²) in [6.45, 7) is 5.80. The molecule has 0 unspecified atom stereocenters. The van der Waals surface area contributed by atoms with Gasteiger partial charge in [-0.05, 0) is 43.2 Å². The maximum atomic E-state index is 13.0. The molecule has 0 spiro atoms. The first kappa shape index (κ1) is 24.2. The predicted molar refractivity (Wildman–Crippen MR) is 126 cm³/mol. The average molecular weight is 488 g/mol. The number of aromatic nitrogens is 2. The predicted octanol–water partition coefficient (Wildman–Crippen LogP) is 2.90. The fraction of sp³-hybridized carbons (Fsp3) is 0.417. The van der Waals surface area contributed by atoms with E-state index in [4.69, 9.17) is 14.2 Å². The highest BCUT2D eigenvalue weighted by Gasteiger charge is 2.27. The number of sulfonamides is 1. The van der Waals surface area contributed by atoms with Crippen molar-refractivity contribution >= 4 is 27.0 Å². The summed E-state index contributed by atoms with van der Waals surface area (Å²) in [5.41, 5.74) is 2.28. The Bertz CT molecular complexity index is 1260. The molecule has 2 aromatic carbocycles. The van der Waals surface area contributed by atoms with Crippen LogP contribution >= 0.6 is 0 Å². The molecule has 1 aliphatic rings. The highest BCUT2D eigenvalue weighted by molar-refractivity contribution is 7.89. The molecule has 9 nitrogen and oxygen atoms in total. The van der Waals surface area contributed by atoms with Gasteiger partial charge in [-0.25, -0.2) is 18.2 Å². The zero-order chi connectivity index (χ0) is 24.1. The number of rotatable bonds is 9. The molecule has 0 saturated carbocycles. The Hall–Kier alpha value is -2.95. The summed E-state index contributed by atoms with van der Waals surface area (Å²) in [5, 5.41) is 0. The van der Waals surface area contributed by atoms with Crippen LogP contribution in [0, 0.1) is 6.92 Å². The monoisotopic (exact) mass is 487 g/mol. The third-order valence-electron chi connectivity index (χ3n) is 5.66. The van der Waals surface area contributed by atoms with Crippen LogP contribution in [0.4, 0.5) is 0 Å². The van der Waals surface area contributed by atoms with Crippen molar-refractivity contribution in [1.82, 2.24) is 13.9 Å². The normalized spacial score (nSPS) is 14.9. The first-order valence-corrected chi connectivity index (χ1v) is 12.7. The smallest absolute Gasteiger partial charge is 0.344 e. The van der Waals surface area contributed by atoms with Crippen LogP contribution in [-0.2, 0) is 37.4 Å². The molecule has 0 aliphatic carbocycles. The Labute approximate surface area is 199 Å². The molecule has 1 aliphatic heterocycles. The fourth-order valence-corrected chi connectivity index (χ4v) is 5.31. The number of esters is 1. The van der Waals surface area contributed by atoms with Gasteiger partial charge in [0.05, 0.1) is 29.1 Å². The number of nitrogens with zero attached hydrogens (tertiary/aromatic N) is 3. The number of hydrogen-bond donors (Lipinski definition) is 0. The molecule has 2 heterocycles. The van der Waals surface area contributed by atoms with Crippen LogP contribution < -0.4 is 4.74 Å². The topological polar surface area (TPSA) is 100.0 Å². The summed E-state index contributed by atoms with van der Waals surface area (Å²) in [6.07, 6.45) is 0.844. The van der Waals surface area contributed by atoms with Crippen molar-refractivity contribution in [1.29, 1.82) is 0 Å². The maximum Gasteiger partial charge on any atom is 0.344 e. The number of morpholine rings is 1. The van der Waals surface area contributed by atoms with E-state index in [1.165, 1.54) is 4.31 Å². The van der Waals surface area contributed by atoms with Gasteiger partial charge in [-0.1, -0.05) is 25.1 Å². The SMILES string of the molecule is CCCn1c(COC(=O)COc2ccccc2C)nc2cc(S(=O)(=O)N3CCOCC3)ccc21. The minimum absolute atomic E-state index is 0.0316. The molecule has 3 aromatic rings. The number of ether oxygens (including phenoxy) is 3. The van der Waals surface area contributed by atoms with E-state index in [2.05, 4.69) is 4.98 Å². The van der Waals surface area contributed by atoms with E-state index < -0.39 is 16.0 Å². The lowest BCUT2D eigenvalue weighted by molar-refractivity contribution is -0.147. The summed E-state index contributed by atoms with van der Waals surface area (Å²) >= 11 is 0. The minimum atomic E-state index is -3.63. The third kappa shape index (κ3) is 5.24. The summed E-state index contributed by atoms with van der Waals surface area (Å²) in [5.74, 6) is 0.683. The van der Waals surface area contributed by atoms with Crippen LogP contribution in [0.15, 0.2) is 47.4 Å². The van der Waals surface area contributed by atoms with Gasteiger partial charge in [-0.15, -0.1) is 0 Å². The van der Waals surface area contributed by atoms with Crippen molar-refractivity contribution in [2.24, 2.45) is 0 Å². The number of carbonyl (C=O) groups excluding carboxylic acids is 1. The summed E-state index contributed by atoms with van der Waals surface area (Å²) in [7, 11) is -3.63. The second-order valence-corrected chi connectivity index (χ2v) is 10.00. The summed E-state index contributed by atoms with van der Waals surface area (Å²) in [4.78, 5) is 17.1. The molecule has 182 valence electrons. The highest BCUT2D eigenvalue weighted by Crippen LogP contribution is 2.24. The average Bonchev–Trinajstić information content (AvgIpc) is 3.19. The van der Waals surface area contributed by atoms with Gasteiger partial charge in [0.15, 0.2) is 6.61 Å². The molecular weight excluding hydrogens is 458 g/mol. The molecule has 0 amide bonds. The Balaban J connectivity index is 1.50. The fourth-order valence-electron chi connectivity index (χ4n) is 3.88. The molecule has 0 radical (unpaired) electrons. The first-order chi connectivity index (χ1) is 16.4. The number of imidazole rings is 1. The van der Waals surface area contributed by atoms with Gasteiger partial charge >= 0.3 is 5.97 Å². The van der Waals surface area contributed by atoms with Crippen molar-refractivity contribution in [2.45, 2.75) is 38.3 Å². The van der Waals surface area contributed by atoms with E-state index in [1.807, 2.05) is 36.6 Å². The third-order valence-corrected chi connectivity index (χ3v) is 7.55. The number of benzene rings is 2. The number of aryl methyl sites for hydroxylation is 2. The zero-order valence-corrected chi connectivity index (χ0v) is 20.2. The van der Waals surface area contributed by atoms with Crippen LogP contribution in [0.3, 0.4) is 0 Å². The molecule has 10 heteroatoms. The number of para-hydroxylation sites is 1. The standard InChI is InChI=1S/C24H29N3O6S/c1-3-10-27-21-9-8-19(34(29,30)26-11-13-31-14-12-26)15-20(21)25-23(27)16-33-24(28)17-32-22-7-5-4-6-18(22)2/h4-9,15H,3,10-14,16-17H2,1-2H3. The Kier molecular flexibility index (Phi) is 7.50. The van der Waals surface area contributed by atoms with Gasteiger partial charge in [-0.3, -0.25) is 0 Å². The Morgan fingerprint density at radius 1 is 1.15 bits per heavy atom. The largest absolute Gasteiger partial charge is 0.482 e. The van der Waals surface area contributed by atoms with Crippen LogP contribution in [0.25, 0.3) is 11.0 Å². The van der Waals surface area contributed by atoms with Crippen LogP contribution in [0.5, 0.6) is 5.75 Å². The van der Waals surface area contributed by atoms with Crippen molar-refractivity contribution in [3.05, 3.63) is 53.9 Å². The van der Waals surface area contributed by atoms with Gasteiger partial charge in [0.2, 0.25) is 10.0 Å². The van der Waals surface area contributed by atoms with Crippen LogP contribution in [0.1, 0.15) is 24.7 Å². The molecular formula is C24H29N3O6S. The van der Waals surface area contributed by atoms with Gasteiger partial charge in [0.1, 0.15) is 18.2 Å². The molecule has 1 aromatic heterocycles. The van der Waals surface area contributed by atoms with Gasteiger partial charge < -0.3 is 18.8 Å². The maximum absolute atomic E-state index is 13.0. The van der Waals surface area contributed by atoms with Crippen molar-refractivity contribution in [2.75, 3.05) is 32.9 Å². The molecule has 1 saturated heterocycles. The van der Waals surface area contributed by atoms with E-state index in [-0.39, 0.29) is 18.1 Å². The Morgan fingerprint density at radius 3 is 2.65 bits per heavy atom. The molecule has 1 fully saturated rings. The first-order valence-electron chi connectivity index (χ1n) is 11.3. The molecule has 34 heavy (non-hydrogen) atoms. The molecule has 4 rings (SSSR count). The Morgan fingerprint density at radius 2 is 1.91 bits per heavy atom. The van der Waals surface area contributed by atoms with Gasteiger partial charge in [0, 0.05) is 19.6 Å². The number of hydrogen-bond acceptors (Lipinski definition) is 7. The van der Waals surface area contributed by atoms with Crippen molar-refractivity contribution < 1.29 is 27.4 Å². The van der Waals surface area contributed by atoms with Crippen molar-refractivity contribution in [3.8, 4) is 5.75 Å². The minimum Gasteiger partial charge on any atom is -0.482 e. The lowest BCUT2D eigenvalue weighted by Crippen LogP contribution is -2.40. The molecule has 0 N–H and O–H groups in total.